The Morgan fingerprint density at radius 3 is 2.66 bits per heavy atom. The highest BCUT2D eigenvalue weighted by atomic mass is 35.5. The third-order valence-corrected chi connectivity index (χ3v) is 7.34. The second-order valence-electron chi connectivity index (χ2n) is 7.91. The first-order valence-corrected chi connectivity index (χ1v) is 10.8. The summed E-state index contributed by atoms with van der Waals surface area (Å²) in [5, 5.41) is 13.8. The van der Waals surface area contributed by atoms with Crippen molar-refractivity contribution in [2.75, 3.05) is 19.6 Å². The number of hydrogen-bond acceptors (Lipinski definition) is 4. The molecular formula is C23H25ClN2O2S. The fraction of sp³-hybridized carbons (Fsp3) is 0.348. The quantitative estimate of drug-likeness (QED) is 0.651. The van der Waals surface area contributed by atoms with Gasteiger partial charge in [0.1, 0.15) is 0 Å². The van der Waals surface area contributed by atoms with Crippen LogP contribution in [0.25, 0.3) is 21.2 Å². The first kappa shape index (κ1) is 20.4. The van der Waals surface area contributed by atoms with E-state index in [-0.39, 0.29) is 31.0 Å². The monoisotopic (exact) mass is 428 g/mol. The van der Waals surface area contributed by atoms with Gasteiger partial charge in [0, 0.05) is 17.3 Å². The van der Waals surface area contributed by atoms with Gasteiger partial charge >= 0.3 is 0 Å². The van der Waals surface area contributed by atoms with Gasteiger partial charge in [0.25, 0.3) is 5.91 Å². The molecule has 29 heavy (non-hydrogen) atoms. The molecule has 3 aliphatic heterocycles. The summed E-state index contributed by atoms with van der Waals surface area (Å²) in [5.74, 6) is 0.676. The van der Waals surface area contributed by atoms with E-state index in [0.717, 1.165) is 38.2 Å². The Labute approximate surface area is 181 Å². The zero-order chi connectivity index (χ0) is 19.1. The van der Waals surface area contributed by atoms with Gasteiger partial charge in [-0.2, -0.15) is 0 Å². The number of halogens is 1. The summed E-state index contributed by atoms with van der Waals surface area (Å²) in [6, 6.07) is 16.4. The zero-order valence-corrected chi connectivity index (χ0v) is 17.8. The number of nitrogens with one attached hydrogen (secondary N) is 1. The molecule has 0 aliphatic carbocycles. The van der Waals surface area contributed by atoms with Crippen LogP contribution in [0.15, 0.2) is 48.5 Å². The number of piperidine rings is 3. The van der Waals surface area contributed by atoms with Crippen LogP contribution in [0.2, 0.25) is 0 Å². The van der Waals surface area contributed by atoms with Gasteiger partial charge in [-0.15, -0.1) is 23.7 Å². The number of benzene rings is 2. The van der Waals surface area contributed by atoms with Crippen molar-refractivity contribution in [2.45, 2.75) is 25.5 Å². The smallest absolute Gasteiger partial charge is 0.261 e. The molecule has 0 saturated carbocycles. The maximum absolute atomic E-state index is 13.0. The first-order valence-electron chi connectivity index (χ1n) is 9.97. The van der Waals surface area contributed by atoms with Crippen LogP contribution in [0.3, 0.4) is 0 Å². The number of rotatable bonds is 4. The van der Waals surface area contributed by atoms with Crippen molar-refractivity contribution in [3.63, 3.8) is 0 Å². The van der Waals surface area contributed by atoms with Crippen LogP contribution < -0.4 is 5.32 Å². The second-order valence-corrected chi connectivity index (χ2v) is 8.96. The predicted octanol–water partition coefficient (Wildman–Crippen LogP) is 4.31. The lowest BCUT2D eigenvalue weighted by molar-refractivity contribution is 0.0622. The fourth-order valence-electron chi connectivity index (χ4n) is 4.61. The second kappa shape index (κ2) is 8.44. The van der Waals surface area contributed by atoms with Gasteiger partial charge in [-0.25, -0.2) is 0 Å². The van der Waals surface area contributed by atoms with Crippen molar-refractivity contribution in [3.8, 4) is 11.1 Å². The molecule has 4 nitrogen and oxygen atoms in total. The number of amides is 1. The molecule has 4 heterocycles. The highest BCUT2D eigenvalue weighted by molar-refractivity contribution is 7.21. The van der Waals surface area contributed by atoms with Crippen LogP contribution in [-0.2, 0) is 6.61 Å². The van der Waals surface area contributed by atoms with Crippen molar-refractivity contribution >= 4 is 39.7 Å². The number of fused-ring (bicyclic) bond motifs is 4. The van der Waals surface area contributed by atoms with E-state index in [2.05, 4.69) is 28.4 Å². The van der Waals surface area contributed by atoms with Gasteiger partial charge in [-0.1, -0.05) is 36.4 Å². The van der Waals surface area contributed by atoms with Crippen LogP contribution in [0.4, 0.5) is 0 Å². The molecule has 152 valence electrons. The summed E-state index contributed by atoms with van der Waals surface area (Å²) >= 11 is 1.56. The molecule has 0 spiro atoms. The molecule has 0 radical (unpaired) electrons. The van der Waals surface area contributed by atoms with E-state index in [0.29, 0.717) is 5.92 Å². The summed E-state index contributed by atoms with van der Waals surface area (Å²) in [6.45, 7) is 3.37. The molecule has 3 saturated heterocycles. The molecule has 2 bridgehead atoms. The molecule has 3 aliphatic rings. The van der Waals surface area contributed by atoms with Crippen molar-refractivity contribution in [1.82, 2.24) is 10.2 Å². The predicted molar refractivity (Wildman–Crippen MR) is 121 cm³/mol. The maximum atomic E-state index is 13.0. The summed E-state index contributed by atoms with van der Waals surface area (Å²) in [7, 11) is 0. The third-order valence-electron chi connectivity index (χ3n) is 6.16. The first-order chi connectivity index (χ1) is 13.7. The topological polar surface area (TPSA) is 52.6 Å². The minimum Gasteiger partial charge on any atom is -0.392 e. The average Bonchev–Trinajstić information content (AvgIpc) is 3.19. The van der Waals surface area contributed by atoms with E-state index >= 15 is 0 Å². The van der Waals surface area contributed by atoms with Crippen LogP contribution in [-0.4, -0.2) is 41.6 Å². The normalized spacial score (nSPS) is 23.0. The molecule has 6 rings (SSSR count). The van der Waals surface area contributed by atoms with Gasteiger partial charge in [-0.3, -0.25) is 4.79 Å². The SMILES string of the molecule is Cl.O=C(N[C@H]1CN2CCC1CC2)c1cc2cccc(-c3cccc(CO)c3)c2s1. The molecule has 3 fully saturated rings. The third kappa shape index (κ3) is 3.92. The van der Waals surface area contributed by atoms with Gasteiger partial charge in [0.15, 0.2) is 0 Å². The largest absolute Gasteiger partial charge is 0.392 e. The lowest BCUT2D eigenvalue weighted by Gasteiger charge is -2.44. The van der Waals surface area contributed by atoms with Crippen LogP contribution >= 0.6 is 23.7 Å². The van der Waals surface area contributed by atoms with Crippen molar-refractivity contribution in [2.24, 2.45) is 5.92 Å². The molecule has 2 aromatic carbocycles. The van der Waals surface area contributed by atoms with E-state index in [1.807, 2.05) is 30.3 Å². The van der Waals surface area contributed by atoms with E-state index in [4.69, 9.17) is 0 Å². The van der Waals surface area contributed by atoms with E-state index in [1.165, 1.54) is 25.9 Å². The van der Waals surface area contributed by atoms with Crippen molar-refractivity contribution < 1.29 is 9.90 Å². The van der Waals surface area contributed by atoms with Gasteiger partial charge < -0.3 is 15.3 Å². The minimum atomic E-state index is 0. The number of hydrogen-bond donors (Lipinski definition) is 2. The van der Waals surface area contributed by atoms with E-state index in [1.54, 1.807) is 11.3 Å². The molecule has 1 aromatic heterocycles. The highest BCUT2D eigenvalue weighted by Gasteiger charge is 2.35. The fourth-order valence-corrected chi connectivity index (χ4v) is 5.71. The highest BCUT2D eigenvalue weighted by Crippen LogP contribution is 2.36. The standard InChI is InChI=1S/C23H24N2O2S.ClH/c26-14-15-3-1-4-17(11-15)19-6-2-5-18-12-21(28-22(18)19)23(27)24-20-13-25-9-7-16(20)8-10-25;/h1-6,11-12,16,20,26H,7-10,13-14H2,(H,24,27);1H/t20-;/m0./s1. The summed E-state index contributed by atoms with van der Waals surface area (Å²) < 4.78 is 1.12. The lowest BCUT2D eigenvalue weighted by atomic mass is 9.84. The Bertz CT molecular complexity index is 1030. The Morgan fingerprint density at radius 1 is 1.14 bits per heavy atom. The number of aliphatic hydroxyl groups is 1. The summed E-state index contributed by atoms with van der Waals surface area (Å²) in [4.78, 5) is 16.2. The summed E-state index contributed by atoms with van der Waals surface area (Å²) in [5.41, 5.74) is 3.08. The molecule has 0 unspecified atom stereocenters. The summed E-state index contributed by atoms with van der Waals surface area (Å²) in [6.07, 6.45) is 2.39. The molecule has 6 heteroatoms. The van der Waals surface area contributed by atoms with Crippen LogP contribution in [0, 0.1) is 5.92 Å². The van der Waals surface area contributed by atoms with Crippen LogP contribution in [0.1, 0.15) is 28.1 Å². The van der Waals surface area contributed by atoms with Gasteiger partial charge in [-0.05, 0) is 66.1 Å². The molecular weight excluding hydrogens is 404 g/mol. The number of carbonyl (C=O) groups excluding carboxylic acids is 1. The molecule has 1 amide bonds. The van der Waals surface area contributed by atoms with Crippen molar-refractivity contribution in [1.29, 1.82) is 0 Å². The number of carbonyl (C=O) groups is 1. The average molecular weight is 429 g/mol. The molecule has 1 atom stereocenters. The van der Waals surface area contributed by atoms with E-state index < -0.39 is 0 Å². The number of aliphatic hydroxyl groups excluding tert-OH is 1. The maximum Gasteiger partial charge on any atom is 0.261 e. The Balaban J connectivity index is 0.00000205. The number of nitrogens with zero attached hydrogens (tertiary/aromatic N) is 1. The van der Waals surface area contributed by atoms with Gasteiger partial charge in [0.2, 0.25) is 0 Å². The Kier molecular flexibility index (Phi) is 5.93. The van der Waals surface area contributed by atoms with Gasteiger partial charge in [0.05, 0.1) is 11.5 Å². The van der Waals surface area contributed by atoms with E-state index in [9.17, 15) is 9.90 Å². The lowest BCUT2D eigenvalue weighted by Crippen LogP contribution is -2.57. The zero-order valence-electron chi connectivity index (χ0n) is 16.1. The number of thiophene rings is 1. The molecule has 2 N–H and O–H groups in total. The van der Waals surface area contributed by atoms with Crippen molar-refractivity contribution in [3.05, 3.63) is 59.0 Å². The molecule has 3 aromatic rings. The minimum absolute atomic E-state index is 0. The van der Waals surface area contributed by atoms with Crippen LogP contribution in [0.5, 0.6) is 0 Å². The Hall–Kier alpha value is -1.92. The Morgan fingerprint density at radius 2 is 1.93 bits per heavy atom.